The van der Waals surface area contributed by atoms with Gasteiger partial charge in [-0.1, -0.05) is 29.8 Å². The summed E-state index contributed by atoms with van der Waals surface area (Å²) in [7, 11) is 0.702. The van der Waals surface area contributed by atoms with Crippen molar-refractivity contribution in [1.82, 2.24) is 9.62 Å². The normalized spacial score (nSPS) is 30.1. The lowest BCUT2D eigenvalue weighted by Gasteiger charge is -2.46. The number of hydrogen-bond donors (Lipinski definition) is 1. The number of nitrogens with one attached hydrogen (secondary N) is 1. The minimum atomic E-state index is -2.83. The molecule has 2 aromatic rings. The van der Waals surface area contributed by atoms with Crippen molar-refractivity contribution in [3.8, 4) is 5.75 Å². The molecule has 2 aliphatic heterocycles. The van der Waals surface area contributed by atoms with Gasteiger partial charge in [-0.3, -0.25) is 14.3 Å². The van der Waals surface area contributed by atoms with Crippen LogP contribution in [0, 0.1) is 11.8 Å². The monoisotopic (exact) mass is 667 g/mol. The Balaban J connectivity index is 1.36. The van der Waals surface area contributed by atoms with E-state index in [-0.39, 0.29) is 29.1 Å². The molecule has 0 saturated heterocycles. The topological polar surface area (TPSA) is 88.2 Å². The SMILES string of the molecule is C=S1(=O)CCC/C=C/[C@@H](OCCC(=O)N(C)C)[C@@H]2CC[C@H]2CN2C[C@@]3(CCCc4cc(Cl)ccc43)COc3ccc(cc32)C(=O)N1. The number of aryl methyl sites for hydroxylation is 1. The lowest BCUT2D eigenvalue weighted by Crippen LogP contribution is -2.49. The molecule has 1 unspecified atom stereocenters. The summed E-state index contributed by atoms with van der Waals surface area (Å²) in [6.07, 6.45) is 10.9. The van der Waals surface area contributed by atoms with Crippen molar-refractivity contribution in [2.24, 2.45) is 11.8 Å². The Morgan fingerprint density at radius 1 is 1.22 bits per heavy atom. The molecule has 5 atom stereocenters. The van der Waals surface area contributed by atoms with Crippen LogP contribution in [0.1, 0.15) is 66.4 Å². The molecule has 1 fully saturated rings. The molecule has 2 heterocycles. The summed E-state index contributed by atoms with van der Waals surface area (Å²) in [5.41, 5.74) is 3.66. The average molecular weight is 668 g/mol. The van der Waals surface area contributed by atoms with Crippen molar-refractivity contribution in [1.29, 1.82) is 0 Å². The van der Waals surface area contributed by atoms with E-state index in [1.165, 1.54) is 11.1 Å². The first-order valence-electron chi connectivity index (χ1n) is 16.5. The van der Waals surface area contributed by atoms with E-state index >= 15 is 0 Å². The van der Waals surface area contributed by atoms with Gasteiger partial charge in [-0.05, 0) is 104 Å². The highest BCUT2D eigenvalue weighted by Crippen LogP contribution is 2.47. The zero-order valence-electron chi connectivity index (χ0n) is 27.0. The number of allylic oxidation sites excluding steroid dienone is 1. The number of anilines is 1. The molecule has 2 aliphatic carbocycles. The smallest absolute Gasteiger partial charge is 0.262 e. The van der Waals surface area contributed by atoms with Gasteiger partial charge in [-0.2, -0.15) is 0 Å². The third-order valence-electron chi connectivity index (χ3n) is 10.2. The molecule has 1 N–H and O–H groups in total. The lowest BCUT2D eigenvalue weighted by atomic mass is 9.68. The standard InChI is InChI=1S/C36H46ClN3O5S/c1-39(2)34(41)16-18-44-32-9-5-4-6-19-46(3,43)38-35(42)26-11-15-33-31(21-26)40(22-27-10-13-29(27)32)23-36(24-45-33)17-7-8-25-20-28(37)12-14-30(25)36/h5,9,11-12,14-15,20-21,27,29,32H,3-4,6-8,10,13,16-19,22-24H2,1-2H3,(H,38,42,43)/b9-5+/t27-,29+,32+,36-,46?/m0/s1. The third kappa shape index (κ3) is 7.11. The highest BCUT2D eigenvalue weighted by atomic mass is 35.5. The Morgan fingerprint density at radius 3 is 2.85 bits per heavy atom. The van der Waals surface area contributed by atoms with Crippen LogP contribution in [-0.4, -0.2) is 79.0 Å². The molecular formula is C36H46ClN3O5S. The highest BCUT2D eigenvalue weighted by molar-refractivity contribution is 7.99. The fourth-order valence-electron chi connectivity index (χ4n) is 7.56. The van der Waals surface area contributed by atoms with Crippen molar-refractivity contribution in [3.05, 3.63) is 70.3 Å². The van der Waals surface area contributed by atoms with E-state index in [1.807, 2.05) is 18.2 Å². The number of halogens is 1. The molecule has 2 amide bonds. The van der Waals surface area contributed by atoms with Gasteiger partial charge >= 0.3 is 0 Å². The van der Waals surface area contributed by atoms with Crippen LogP contribution in [0.25, 0.3) is 0 Å². The summed E-state index contributed by atoms with van der Waals surface area (Å²) in [6.45, 7) is 2.42. The quantitative estimate of drug-likeness (QED) is 0.347. The number of hydrogen-bond acceptors (Lipinski definition) is 6. The van der Waals surface area contributed by atoms with Crippen LogP contribution in [0.15, 0.2) is 48.6 Å². The molecule has 2 bridgehead atoms. The van der Waals surface area contributed by atoms with E-state index < -0.39 is 9.71 Å². The number of nitrogens with zero attached hydrogens (tertiary/aromatic N) is 2. The molecule has 0 radical (unpaired) electrons. The van der Waals surface area contributed by atoms with E-state index in [9.17, 15) is 13.8 Å². The number of fused-ring (bicyclic) bond motifs is 4. The minimum Gasteiger partial charge on any atom is -0.490 e. The first-order valence-corrected chi connectivity index (χ1v) is 18.8. The van der Waals surface area contributed by atoms with Crippen molar-refractivity contribution >= 4 is 44.7 Å². The van der Waals surface area contributed by atoms with Gasteiger partial charge in [-0.15, -0.1) is 0 Å². The van der Waals surface area contributed by atoms with E-state index in [1.54, 1.807) is 25.1 Å². The van der Waals surface area contributed by atoms with Gasteiger partial charge in [0.25, 0.3) is 5.91 Å². The second-order valence-corrected chi connectivity index (χ2v) is 16.4. The lowest BCUT2D eigenvalue weighted by molar-refractivity contribution is -0.130. The summed E-state index contributed by atoms with van der Waals surface area (Å²) >= 11 is 6.44. The molecule has 8 nitrogen and oxygen atoms in total. The Hall–Kier alpha value is -3.01. The molecular weight excluding hydrogens is 622 g/mol. The second-order valence-electron chi connectivity index (χ2n) is 13.7. The third-order valence-corrected chi connectivity index (χ3v) is 12.0. The van der Waals surface area contributed by atoms with Crippen molar-refractivity contribution in [2.75, 3.05) is 51.1 Å². The van der Waals surface area contributed by atoms with Crippen molar-refractivity contribution in [2.45, 2.75) is 62.9 Å². The predicted octanol–water partition coefficient (Wildman–Crippen LogP) is 5.41. The molecule has 1 spiro atoms. The predicted molar refractivity (Wildman–Crippen MR) is 185 cm³/mol. The fraction of sp³-hybridized carbons (Fsp3) is 0.528. The number of ether oxygens (including phenoxy) is 2. The molecule has 248 valence electrons. The van der Waals surface area contributed by atoms with Gasteiger partial charge in [0.2, 0.25) is 5.91 Å². The summed E-state index contributed by atoms with van der Waals surface area (Å²) in [5.74, 6) is 5.21. The number of rotatable bonds is 4. The summed E-state index contributed by atoms with van der Waals surface area (Å²) in [6, 6.07) is 11.8. The number of benzene rings is 2. The Bertz CT molecular complexity index is 1610. The largest absolute Gasteiger partial charge is 0.490 e. The van der Waals surface area contributed by atoms with Gasteiger partial charge in [0.15, 0.2) is 0 Å². The number of carbonyl (C=O) groups excluding carboxylic acids is 2. The average Bonchev–Trinajstić information content (AvgIpc) is 3.14. The van der Waals surface area contributed by atoms with Crippen LogP contribution in [-0.2, 0) is 31.1 Å². The zero-order valence-corrected chi connectivity index (χ0v) is 28.5. The molecule has 0 aromatic heterocycles. The maximum Gasteiger partial charge on any atom is 0.262 e. The van der Waals surface area contributed by atoms with E-state index in [0.29, 0.717) is 49.9 Å². The fourth-order valence-corrected chi connectivity index (χ4v) is 8.95. The van der Waals surface area contributed by atoms with Gasteiger partial charge in [0, 0.05) is 58.6 Å². The van der Waals surface area contributed by atoms with Gasteiger partial charge in [-0.25, -0.2) is 4.21 Å². The van der Waals surface area contributed by atoms with Crippen molar-refractivity contribution in [3.63, 3.8) is 0 Å². The molecule has 6 rings (SSSR count). The van der Waals surface area contributed by atoms with Crippen LogP contribution >= 0.6 is 11.6 Å². The molecule has 2 aromatic carbocycles. The van der Waals surface area contributed by atoms with Crippen LogP contribution in [0.2, 0.25) is 5.02 Å². The Morgan fingerprint density at radius 2 is 2.07 bits per heavy atom. The summed E-state index contributed by atoms with van der Waals surface area (Å²) in [4.78, 5) is 29.7. The second kappa shape index (κ2) is 13.6. The minimum absolute atomic E-state index is 0.0472. The van der Waals surface area contributed by atoms with Crippen LogP contribution in [0.4, 0.5) is 5.69 Å². The molecule has 1 saturated carbocycles. The zero-order chi connectivity index (χ0) is 32.5. The highest BCUT2D eigenvalue weighted by Gasteiger charge is 2.44. The Kier molecular flexibility index (Phi) is 9.74. The van der Waals surface area contributed by atoms with Gasteiger partial charge in [0.05, 0.1) is 31.4 Å². The first-order chi connectivity index (χ1) is 22.0. The van der Waals surface area contributed by atoms with Crippen molar-refractivity contribution < 1.29 is 23.3 Å². The molecule has 4 aliphatic rings. The van der Waals surface area contributed by atoms with E-state index in [0.717, 1.165) is 61.7 Å². The maximum atomic E-state index is 13.4. The van der Waals surface area contributed by atoms with Gasteiger partial charge < -0.3 is 19.3 Å². The van der Waals surface area contributed by atoms with E-state index in [4.69, 9.17) is 21.1 Å². The first kappa shape index (κ1) is 32.9. The number of carbonyl (C=O) groups is 2. The summed E-state index contributed by atoms with van der Waals surface area (Å²) in [5, 5.41) is 0.750. The van der Waals surface area contributed by atoms with Crippen LogP contribution in [0.3, 0.4) is 0 Å². The maximum absolute atomic E-state index is 13.4. The molecule has 10 heteroatoms. The van der Waals surface area contributed by atoms with E-state index in [2.05, 4.69) is 39.8 Å². The number of amides is 2. The Labute approximate surface area is 278 Å². The molecule has 46 heavy (non-hydrogen) atoms. The van der Waals surface area contributed by atoms with Gasteiger partial charge in [0.1, 0.15) is 5.75 Å². The van der Waals surface area contributed by atoms with Crippen LogP contribution in [0.5, 0.6) is 5.75 Å². The summed E-state index contributed by atoms with van der Waals surface area (Å²) < 4.78 is 29.0. The van der Waals surface area contributed by atoms with Crippen LogP contribution < -0.4 is 14.4 Å².